The fourth-order valence-corrected chi connectivity index (χ4v) is 1.27. The minimum Gasteiger partial charge on any atom is -0.245 e. The highest BCUT2D eigenvalue weighted by atomic mass is 19.4. The fraction of sp³-hybridized carbons (Fsp3) is 0.0833. The van der Waals surface area contributed by atoms with Crippen LogP contribution in [0.5, 0.6) is 0 Å². The molecular formula is C12H9F3N4. The van der Waals surface area contributed by atoms with Gasteiger partial charge in [-0.05, 0) is 11.6 Å². The maximum atomic E-state index is 12.4. The first-order valence-corrected chi connectivity index (χ1v) is 5.30. The standard InChI is InChI=1S/C12H9F3N4/c13-12(14,15)10-6-7-16-11(18-10)19-17-8-9-4-2-1-3-5-9/h1-8H,(H,16,18,19)/b17-8+. The van der Waals surface area contributed by atoms with Gasteiger partial charge in [0.05, 0.1) is 6.21 Å². The maximum Gasteiger partial charge on any atom is 0.433 e. The van der Waals surface area contributed by atoms with E-state index in [0.717, 1.165) is 17.8 Å². The van der Waals surface area contributed by atoms with E-state index in [2.05, 4.69) is 20.5 Å². The molecule has 4 nitrogen and oxygen atoms in total. The van der Waals surface area contributed by atoms with Gasteiger partial charge in [-0.25, -0.2) is 15.4 Å². The number of nitrogens with one attached hydrogen (secondary N) is 1. The molecule has 1 heterocycles. The summed E-state index contributed by atoms with van der Waals surface area (Å²) in [6.45, 7) is 0. The fourth-order valence-electron chi connectivity index (χ4n) is 1.27. The molecule has 0 aliphatic heterocycles. The summed E-state index contributed by atoms with van der Waals surface area (Å²) in [5, 5.41) is 3.77. The Morgan fingerprint density at radius 3 is 2.53 bits per heavy atom. The van der Waals surface area contributed by atoms with E-state index in [9.17, 15) is 13.2 Å². The summed E-state index contributed by atoms with van der Waals surface area (Å²) in [5.41, 5.74) is 2.15. The van der Waals surface area contributed by atoms with E-state index in [1.165, 1.54) is 6.21 Å². The van der Waals surface area contributed by atoms with Crippen molar-refractivity contribution in [1.29, 1.82) is 0 Å². The van der Waals surface area contributed by atoms with Crippen LogP contribution in [0, 0.1) is 0 Å². The molecule has 0 unspecified atom stereocenters. The van der Waals surface area contributed by atoms with Gasteiger partial charge in [0.25, 0.3) is 0 Å². The number of hydrazone groups is 1. The molecule has 0 spiro atoms. The van der Waals surface area contributed by atoms with Gasteiger partial charge in [0.1, 0.15) is 5.69 Å². The average Bonchev–Trinajstić information content (AvgIpc) is 2.39. The lowest BCUT2D eigenvalue weighted by atomic mass is 10.2. The van der Waals surface area contributed by atoms with Crippen LogP contribution in [0.25, 0.3) is 0 Å². The van der Waals surface area contributed by atoms with Crippen LogP contribution in [0.3, 0.4) is 0 Å². The molecule has 0 aliphatic carbocycles. The van der Waals surface area contributed by atoms with Gasteiger partial charge in [-0.3, -0.25) is 0 Å². The van der Waals surface area contributed by atoms with Crippen molar-refractivity contribution in [2.75, 3.05) is 5.43 Å². The number of anilines is 1. The van der Waals surface area contributed by atoms with Crippen molar-refractivity contribution < 1.29 is 13.2 Å². The van der Waals surface area contributed by atoms with Gasteiger partial charge in [0.15, 0.2) is 0 Å². The zero-order chi connectivity index (χ0) is 13.7. The minimum atomic E-state index is -4.50. The Kier molecular flexibility index (Phi) is 3.74. The van der Waals surface area contributed by atoms with Gasteiger partial charge in [-0.15, -0.1) is 0 Å². The zero-order valence-electron chi connectivity index (χ0n) is 9.59. The van der Waals surface area contributed by atoms with Crippen LogP contribution in [0.4, 0.5) is 19.1 Å². The summed E-state index contributed by atoms with van der Waals surface area (Å²) < 4.78 is 37.2. The SMILES string of the molecule is FC(F)(F)c1ccnc(N/N=C/c2ccccc2)n1. The molecule has 0 saturated heterocycles. The Bertz CT molecular complexity index is 567. The third kappa shape index (κ3) is 3.77. The molecule has 0 bridgehead atoms. The van der Waals surface area contributed by atoms with E-state index < -0.39 is 11.9 Å². The number of nitrogens with zero attached hydrogens (tertiary/aromatic N) is 3. The van der Waals surface area contributed by atoms with Crippen molar-refractivity contribution >= 4 is 12.2 Å². The highest BCUT2D eigenvalue weighted by Crippen LogP contribution is 2.27. The lowest BCUT2D eigenvalue weighted by Crippen LogP contribution is -2.09. The first kappa shape index (κ1) is 13.0. The van der Waals surface area contributed by atoms with E-state index in [4.69, 9.17) is 0 Å². The zero-order valence-corrected chi connectivity index (χ0v) is 9.59. The second-order valence-corrected chi connectivity index (χ2v) is 3.54. The molecule has 0 saturated carbocycles. The van der Waals surface area contributed by atoms with Gasteiger partial charge < -0.3 is 0 Å². The number of benzene rings is 1. The van der Waals surface area contributed by atoms with Crippen molar-refractivity contribution in [3.63, 3.8) is 0 Å². The monoisotopic (exact) mass is 266 g/mol. The van der Waals surface area contributed by atoms with Gasteiger partial charge in [0.2, 0.25) is 5.95 Å². The number of rotatable bonds is 3. The Morgan fingerprint density at radius 2 is 1.84 bits per heavy atom. The average molecular weight is 266 g/mol. The molecule has 19 heavy (non-hydrogen) atoms. The van der Waals surface area contributed by atoms with E-state index >= 15 is 0 Å². The number of halogens is 3. The molecule has 98 valence electrons. The summed E-state index contributed by atoms with van der Waals surface area (Å²) in [4.78, 5) is 6.96. The van der Waals surface area contributed by atoms with Crippen molar-refractivity contribution in [2.24, 2.45) is 5.10 Å². The maximum absolute atomic E-state index is 12.4. The molecule has 7 heteroatoms. The molecule has 1 aromatic heterocycles. The van der Waals surface area contributed by atoms with Crippen LogP contribution in [-0.4, -0.2) is 16.2 Å². The third-order valence-corrected chi connectivity index (χ3v) is 2.12. The molecule has 0 fully saturated rings. The van der Waals surface area contributed by atoms with Crippen molar-refractivity contribution in [3.8, 4) is 0 Å². The van der Waals surface area contributed by atoms with Crippen molar-refractivity contribution in [3.05, 3.63) is 53.9 Å². The van der Waals surface area contributed by atoms with E-state index in [0.29, 0.717) is 0 Å². The quantitative estimate of drug-likeness (QED) is 0.686. The highest BCUT2D eigenvalue weighted by molar-refractivity contribution is 5.79. The molecule has 0 amide bonds. The van der Waals surface area contributed by atoms with Crippen molar-refractivity contribution in [2.45, 2.75) is 6.18 Å². The normalized spacial score (nSPS) is 11.7. The molecule has 0 aliphatic rings. The van der Waals surface area contributed by atoms with Crippen LogP contribution >= 0.6 is 0 Å². The second-order valence-electron chi connectivity index (χ2n) is 3.54. The summed E-state index contributed by atoms with van der Waals surface area (Å²) in [6, 6.07) is 9.90. The smallest absolute Gasteiger partial charge is 0.245 e. The van der Waals surface area contributed by atoms with E-state index in [-0.39, 0.29) is 5.95 Å². The number of aromatic nitrogens is 2. The molecule has 2 aromatic rings. The highest BCUT2D eigenvalue weighted by Gasteiger charge is 2.32. The van der Waals surface area contributed by atoms with Gasteiger partial charge in [-0.2, -0.15) is 18.3 Å². The summed E-state index contributed by atoms with van der Waals surface area (Å²) in [6.07, 6.45) is -2.01. The lowest BCUT2D eigenvalue weighted by Gasteiger charge is -2.05. The topological polar surface area (TPSA) is 50.2 Å². The molecule has 1 N–H and O–H groups in total. The van der Waals surface area contributed by atoms with Crippen LogP contribution < -0.4 is 5.43 Å². The molecule has 0 atom stereocenters. The molecule has 2 rings (SSSR count). The van der Waals surface area contributed by atoms with Gasteiger partial charge in [0, 0.05) is 6.20 Å². The number of hydrogen-bond acceptors (Lipinski definition) is 4. The Labute approximate surface area is 107 Å². The first-order chi connectivity index (χ1) is 9.05. The first-order valence-electron chi connectivity index (χ1n) is 5.30. The largest absolute Gasteiger partial charge is 0.433 e. The summed E-state index contributed by atoms with van der Waals surface area (Å²) in [7, 11) is 0. The van der Waals surface area contributed by atoms with Crippen molar-refractivity contribution in [1.82, 2.24) is 9.97 Å². The molecule has 1 aromatic carbocycles. The predicted molar refractivity (Wildman–Crippen MR) is 64.7 cm³/mol. The molecule has 0 radical (unpaired) electrons. The third-order valence-electron chi connectivity index (χ3n) is 2.12. The number of alkyl halides is 3. The van der Waals surface area contributed by atoms with E-state index in [1.807, 2.05) is 18.2 Å². The van der Waals surface area contributed by atoms with Gasteiger partial charge in [-0.1, -0.05) is 30.3 Å². The van der Waals surface area contributed by atoms with Gasteiger partial charge >= 0.3 is 6.18 Å². The van der Waals surface area contributed by atoms with Crippen LogP contribution in [0.2, 0.25) is 0 Å². The van der Waals surface area contributed by atoms with Crippen LogP contribution in [0.1, 0.15) is 11.3 Å². The Morgan fingerprint density at radius 1 is 1.11 bits per heavy atom. The molecular weight excluding hydrogens is 257 g/mol. The summed E-state index contributed by atoms with van der Waals surface area (Å²) in [5.74, 6) is -0.206. The Hall–Kier alpha value is -2.44. The Balaban J connectivity index is 2.06. The lowest BCUT2D eigenvalue weighted by molar-refractivity contribution is -0.141. The summed E-state index contributed by atoms with van der Waals surface area (Å²) >= 11 is 0. The second kappa shape index (κ2) is 5.47. The van der Waals surface area contributed by atoms with E-state index in [1.54, 1.807) is 12.1 Å². The predicted octanol–water partition coefficient (Wildman–Crippen LogP) is 2.94. The van der Waals surface area contributed by atoms with Crippen LogP contribution in [0.15, 0.2) is 47.7 Å². The van der Waals surface area contributed by atoms with Crippen LogP contribution in [-0.2, 0) is 6.18 Å². The number of hydrogen-bond donors (Lipinski definition) is 1. The minimum absolute atomic E-state index is 0.206.